The van der Waals surface area contributed by atoms with E-state index in [2.05, 4.69) is 15.1 Å². The van der Waals surface area contributed by atoms with Crippen LogP contribution in [0.4, 0.5) is 0 Å². The number of methoxy groups -OCH3 is 3. The van der Waals surface area contributed by atoms with Crippen LogP contribution in [-0.4, -0.2) is 64.8 Å². The normalized spacial score (nSPS) is 16.7. The molecule has 1 aliphatic heterocycles. The lowest BCUT2D eigenvalue weighted by Gasteiger charge is -2.33. The van der Waals surface area contributed by atoms with Crippen LogP contribution in [0.3, 0.4) is 0 Å². The summed E-state index contributed by atoms with van der Waals surface area (Å²) in [6.07, 6.45) is 5.10. The Morgan fingerprint density at radius 1 is 1.10 bits per heavy atom. The molecule has 9 nitrogen and oxygen atoms in total. The van der Waals surface area contributed by atoms with Crippen LogP contribution < -0.4 is 14.2 Å². The highest BCUT2D eigenvalue weighted by Crippen LogP contribution is 2.39. The number of fused-ring (bicyclic) bond motifs is 1. The van der Waals surface area contributed by atoms with Crippen molar-refractivity contribution in [2.24, 2.45) is 0 Å². The minimum Gasteiger partial charge on any atom is -0.493 e. The summed E-state index contributed by atoms with van der Waals surface area (Å²) < 4.78 is 17.9. The van der Waals surface area contributed by atoms with Crippen molar-refractivity contribution < 1.29 is 19.0 Å². The van der Waals surface area contributed by atoms with Crippen molar-refractivity contribution in [3.63, 3.8) is 0 Å². The van der Waals surface area contributed by atoms with Gasteiger partial charge in [0.2, 0.25) is 5.75 Å². The molecule has 1 aromatic carbocycles. The molecule has 4 rings (SSSR count). The molecule has 1 amide bonds. The van der Waals surface area contributed by atoms with Gasteiger partial charge in [0.1, 0.15) is 6.33 Å². The van der Waals surface area contributed by atoms with E-state index in [1.165, 1.54) is 27.7 Å². The van der Waals surface area contributed by atoms with Gasteiger partial charge < -0.3 is 19.1 Å². The molecule has 1 aliphatic rings. The summed E-state index contributed by atoms with van der Waals surface area (Å²) in [5, 5.41) is 4.28. The van der Waals surface area contributed by atoms with E-state index < -0.39 is 0 Å². The summed E-state index contributed by atoms with van der Waals surface area (Å²) in [4.78, 5) is 23.5. The number of hydrogen-bond donors (Lipinski definition) is 0. The maximum absolute atomic E-state index is 13.3. The number of amides is 1. The maximum Gasteiger partial charge on any atom is 0.254 e. The number of nitrogens with zero attached hydrogens (tertiary/aromatic N) is 5. The molecule has 3 heterocycles. The first-order chi connectivity index (χ1) is 14.2. The van der Waals surface area contributed by atoms with Crippen molar-refractivity contribution >= 4 is 11.7 Å². The van der Waals surface area contributed by atoms with Crippen LogP contribution >= 0.6 is 0 Å². The maximum atomic E-state index is 13.3. The average molecular weight is 397 g/mol. The summed E-state index contributed by atoms with van der Waals surface area (Å²) in [6.45, 7) is 1.28. The van der Waals surface area contributed by atoms with Gasteiger partial charge >= 0.3 is 0 Å². The quantitative estimate of drug-likeness (QED) is 0.652. The van der Waals surface area contributed by atoms with Crippen LogP contribution in [-0.2, 0) is 0 Å². The number of aromatic nitrogens is 4. The largest absolute Gasteiger partial charge is 0.493 e. The number of piperidine rings is 1. The number of ether oxygens (including phenoxy) is 3. The van der Waals surface area contributed by atoms with Gasteiger partial charge in [0.15, 0.2) is 11.5 Å². The van der Waals surface area contributed by atoms with Crippen LogP contribution in [0.15, 0.2) is 30.7 Å². The van der Waals surface area contributed by atoms with Gasteiger partial charge in [-0.05, 0) is 31.0 Å². The van der Waals surface area contributed by atoms with E-state index >= 15 is 0 Å². The summed E-state index contributed by atoms with van der Waals surface area (Å²) in [7, 11) is 4.61. The molecule has 0 radical (unpaired) electrons. The molecule has 29 heavy (non-hydrogen) atoms. The van der Waals surface area contributed by atoms with Gasteiger partial charge in [-0.2, -0.15) is 10.1 Å². The molecule has 0 saturated carbocycles. The Kier molecular flexibility index (Phi) is 5.20. The zero-order chi connectivity index (χ0) is 20.4. The van der Waals surface area contributed by atoms with Gasteiger partial charge in [0.05, 0.1) is 27.0 Å². The third kappa shape index (κ3) is 3.43. The van der Waals surface area contributed by atoms with Crippen molar-refractivity contribution in [2.45, 2.75) is 18.8 Å². The summed E-state index contributed by atoms with van der Waals surface area (Å²) in [5.41, 5.74) is 1.51. The van der Waals surface area contributed by atoms with Crippen molar-refractivity contribution in [3.05, 3.63) is 42.0 Å². The lowest BCUT2D eigenvalue weighted by atomic mass is 9.94. The number of rotatable bonds is 5. The second kappa shape index (κ2) is 7.94. The number of carbonyl (C=O) groups excluding carboxylic acids is 1. The first-order valence-corrected chi connectivity index (χ1v) is 9.40. The molecular weight excluding hydrogens is 374 g/mol. The minimum absolute atomic E-state index is 0.0714. The molecular formula is C20H23N5O4. The second-order valence-corrected chi connectivity index (χ2v) is 6.85. The van der Waals surface area contributed by atoms with Gasteiger partial charge in [0.25, 0.3) is 11.7 Å². The van der Waals surface area contributed by atoms with Crippen LogP contribution in [0.1, 0.15) is 34.8 Å². The van der Waals surface area contributed by atoms with E-state index in [4.69, 9.17) is 14.2 Å². The summed E-state index contributed by atoms with van der Waals surface area (Å²) in [5.74, 6) is 2.04. The number of carbonyl (C=O) groups is 1. The van der Waals surface area contributed by atoms with Gasteiger partial charge in [-0.3, -0.25) is 4.79 Å². The summed E-state index contributed by atoms with van der Waals surface area (Å²) in [6, 6.07) is 5.32. The Bertz CT molecular complexity index is 1010. The molecule has 0 N–H and O–H groups in total. The highest BCUT2D eigenvalue weighted by Gasteiger charge is 2.28. The fourth-order valence-electron chi connectivity index (χ4n) is 3.86. The minimum atomic E-state index is -0.0714. The Hall–Kier alpha value is -3.36. The van der Waals surface area contributed by atoms with Crippen molar-refractivity contribution in [1.82, 2.24) is 24.5 Å². The topological polar surface area (TPSA) is 91.1 Å². The molecule has 152 valence electrons. The fraction of sp³-hybridized carbons (Fsp3) is 0.400. The predicted molar refractivity (Wildman–Crippen MR) is 105 cm³/mol. The third-order valence-corrected chi connectivity index (χ3v) is 5.25. The predicted octanol–water partition coefficient (Wildman–Crippen LogP) is 2.17. The molecule has 2 aromatic heterocycles. The molecule has 0 aliphatic carbocycles. The van der Waals surface area contributed by atoms with E-state index in [9.17, 15) is 4.79 Å². The highest BCUT2D eigenvalue weighted by molar-refractivity contribution is 5.95. The van der Waals surface area contributed by atoms with Crippen LogP contribution in [0.2, 0.25) is 0 Å². The van der Waals surface area contributed by atoms with E-state index in [0.29, 0.717) is 41.7 Å². The third-order valence-electron chi connectivity index (χ3n) is 5.25. The Morgan fingerprint density at radius 2 is 1.86 bits per heavy atom. The molecule has 1 saturated heterocycles. The number of hydrogen-bond acceptors (Lipinski definition) is 7. The van der Waals surface area contributed by atoms with Gasteiger partial charge in [0, 0.05) is 30.8 Å². The van der Waals surface area contributed by atoms with Crippen LogP contribution in [0, 0.1) is 0 Å². The van der Waals surface area contributed by atoms with Crippen molar-refractivity contribution in [3.8, 4) is 17.2 Å². The first kappa shape index (κ1) is 19.0. The smallest absolute Gasteiger partial charge is 0.254 e. The molecule has 0 bridgehead atoms. The van der Waals surface area contributed by atoms with Gasteiger partial charge in [-0.15, -0.1) is 0 Å². The standard InChI is InChI=1S/C20H23N5O4/c1-27-16-9-14(10-17(28-2)18(16)29-3)19(26)24-8-4-5-13(11-24)15-6-7-21-20-22-12-23-25(15)20/h6-7,9-10,12-13H,4-5,8,11H2,1-3H3/t13-/m0/s1. The SMILES string of the molecule is COc1cc(C(=O)N2CCC[C@H](c3ccnc4ncnn34)C2)cc(OC)c1OC. The Labute approximate surface area is 168 Å². The molecule has 0 unspecified atom stereocenters. The van der Waals surface area contributed by atoms with E-state index in [0.717, 1.165) is 18.5 Å². The molecule has 0 spiro atoms. The van der Waals surface area contributed by atoms with E-state index in [1.54, 1.807) is 22.8 Å². The molecule has 1 atom stereocenters. The van der Waals surface area contributed by atoms with E-state index in [-0.39, 0.29) is 11.8 Å². The lowest BCUT2D eigenvalue weighted by molar-refractivity contribution is 0.0704. The second-order valence-electron chi connectivity index (χ2n) is 6.85. The number of likely N-dealkylation sites (tertiary alicyclic amines) is 1. The van der Waals surface area contributed by atoms with Gasteiger partial charge in [-0.25, -0.2) is 9.50 Å². The monoisotopic (exact) mass is 397 g/mol. The first-order valence-electron chi connectivity index (χ1n) is 9.40. The molecule has 9 heteroatoms. The van der Waals surface area contributed by atoms with Crippen LogP contribution in [0.25, 0.3) is 5.78 Å². The van der Waals surface area contributed by atoms with E-state index in [1.807, 2.05) is 11.0 Å². The molecule has 3 aromatic rings. The lowest BCUT2D eigenvalue weighted by Crippen LogP contribution is -2.39. The fourth-order valence-corrected chi connectivity index (χ4v) is 3.86. The van der Waals surface area contributed by atoms with Crippen molar-refractivity contribution in [1.29, 1.82) is 0 Å². The zero-order valence-electron chi connectivity index (χ0n) is 16.7. The number of benzene rings is 1. The molecule has 1 fully saturated rings. The zero-order valence-corrected chi connectivity index (χ0v) is 16.7. The summed E-state index contributed by atoms with van der Waals surface area (Å²) >= 11 is 0. The van der Waals surface area contributed by atoms with Gasteiger partial charge in [-0.1, -0.05) is 0 Å². The highest BCUT2D eigenvalue weighted by atomic mass is 16.5. The van der Waals surface area contributed by atoms with Crippen LogP contribution in [0.5, 0.6) is 17.2 Å². The average Bonchev–Trinajstić information content (AvgIpc) is 3.26. The Balaban J connectivity index is 1.62. The van der Waals surface area contributed by atoms with Crippen molar-refractivity contribution in [2.75, 3.05) is 34.4 Å². The Morgan fingerprint density at radius 3 is 2.55 bits per heavy atom.